The monoisotopic (exact) mass is 451 g/mol. The second kappa shape index (κ2) is 10.2. The Morgan fingerprint density at radius 2 is 1.50 bits per heavy atom. The van der Waals surface area contributed by atoms with Crippen LogP contribution in [0.25, 0.3) is 6.08 Å². The number of amides is 1. The normalized spacial score (nSPS) is 11.3. The SMILES string of the molecule is CCOc1ccc(/C=C/C(=O)N(c2ccc(OC)cc2)S(=O)(=O)c2ccc(C)cc2)cc1. The largest absolute Gasteiger partial charge is 0.497 e. The third-order valence-electron chi connectivity index (χ3n) is 4.68. The van der Waals surface area contributed by atoms with Crippen LogP contribution in [0.1, 0.15) is 18.1 Å². The smallest absolute Gasteiger partial charge is 0.271 e. The minimum atomic E-state index is -4.14. The topological polar surface area (TPSA) is 72.9 Å². The molecule has 7 heteroatoms. The molecule has 0 N–H and O–H groups in total. The standard InChI is InChI=1S/C25H25NO5S/c1-4-31-23-12-7-20(8-13-23)9-18-25(27)26(21-10-14-22(30-3)15-11-21)32(28,29)24-16-5-19(2)6-17-24/h5-18H,4H2,1-3H3/b18-9+. The Morgan fingerprint density at radius 1 is 0.906 bits per heavy atom. The summed E-state index contributed by atoms with van der Waals surface area (Å²) in [7, 11) is -2.62. The Morgan fingerprint density at radius 3 is 2.06 bits per heavy atom. The molecule has 3 rings (SSSR count). The van der Waals surface area contributed by atoms with E-state index in [0.717, 1.165) is 21.2 Å². The second-order valence-corrected chi connectivity index (χ2v) is 8.74. The van der Waals surface area contributed by atoms with Crippen molar-refractivity contribution in [3.63, 3.8) is 0 Å². The minimum Gasteiger partial charge on any atom is -0.497 e. The van der Waals surface area contributed by atoms with Crippen LogP contribution in [-0.4, -0.2) is 28.0 Å². The molecule has 0 saturated carbocycles. The molecule has 0 spiro atoms. The van der Waals surface area contributed by atoms with Gasteiger partial charge in [-0.2, -0.15) is 4.31 Å². The molecule has 1 amide bonds. The highest BCUT2D eigenvalue weighted by molar-refractivity contribution is 7.93. The average molecular weight is 452 g/mol. The summed E-state index contributed by atoms with van der Waals surface area (Å²) in [6.07, 6.45) is 2.81. The fourth-order valence-corrected chi connectivity index (χ4v) is 4.38. The van der Waals surface area contributed by atoms with E-state index in [9.17, 15) is 13.2 Å². The van der Waals surface area contributed by atoms with E-state index >= 15 is 0 Å². The van der Waals surface area contributed by atoms with Crippen molar-refractivity contribution in [2.45, 2.75) is 18.7 Å². The molecule has 166 valence electrons. The number of nitrogens with zero attached hydrogens (tertiary/aromatic N) is 1. The molecule has 0 heterocycles. The molecular formula is C25H25NO5S. The summed E-state index contributed by atoms with van der Waals surface area (Å²) in [4.78, 5) is 13.2. The predicted octanol–water partition coefficient (Wildman–Crippen LogP) is 4.84. The van der Waals surface area contributed by atoms with E-state index in [-0.39, 0.29) is 10.6 Å². The summed E-state index contributed by atoms with van der Waals surface area (Å²) in [5.41, 5.74) is 1.87. The third kappa shape index (κ3) is 5.36. The molecule has 0 atom stereocenters. The first-order chi connectivity index (χ1) is 15.3. The van der Waals surface area contributed by atoms with Gasteiger partial charge in [-0.25, -0.2) is 8.42 Å². The van der Waals surface area contributed by atoms with Crippen molar-refractivity contribution in [2.75, 3.05) is 18.0 Å². The van der Waals surface area contributed by atoms with Crippen molar-refractivity contribution < 1.29 is 22.7 Å². The Hall–Kier alpha value is -3.58. The van der Waals surface area contributed by atoms with Gasteiger partial charge in [0.25, 0.3) is 15.9 Å². The summed E-state index contributed by atoms with van der Waals surface area (Å²) >= 11 is 0. The number of carbonyl (C=O) groups excluding carboxylic acids is 1. The van der Waals surface area contributed by atoms with Gasteiger partial charge in [0.05, 0.1) is 24.3 Å². The van der Waals surface area contributed by atoms with Crippen molar-refractivity contribution in [3.8, 4) is 11.5 Å². The molecule has 32 heavy (non-hydrogen) atoms. The summed E-state index contributed by atoms with van der Waals surface area (Å²) in [5.74, 6) is 0.584. The number of carbonyl (C=O) groups is 1. The van der Waals surface area contributed by atoms with Crippen LogP contribution in [0.5, 0.6) is 11.5 Å². The van der Waals surface area contributed by atoms with Crippen LogP contribution in [0.4, 0.5) is 5.69 Å². The Labute approximate surface area is 188 Å². The second-order valence-electron chi connectivity index (χ2n) is 6.95. The van der Waals surface area contributed by atoms with Crippen LogP contribution >= 0.6 is 0 Å². The average Bonchev–Trinajstić information content (AvgIpc) is 2.79. The van der Waals surface area contributed by atoms with Crippen LogP contribution in [-0.2, 0) is 14.8 Å². The zero-order valence-electron chi connectivity index (χ0n) is 18.2. The number of hydrogen-bond acceptors (Lipinski definition) is 5. The van der Waals surface area contributed by atoms with Gasteiger partial charge in [0.1, 0.15) is 11.5 Å². The summed E-state index contributed by atoms with van der Waals surface area (Å²) in [5, 5.41) is 0. The lowest BCUT2D eigenvalue weighted by Gasteiger charge is -2.21. The maximum absolute atomic E-state index is 13.4. The highest BCUT2D eigenvalue weighted by atomic mass is 32.2. The van der Waals surface area contributed by atoms with Gasteiger partial charge in [-0.15, -0.1) is 0 Å². The third-order valence-corrected chi connectivity index (χ3v) is 6.42. The van der Waals surface area contributed by atoms with E-state index < -0.39 is 15.9 Å². The van der Waals surface area contributed by atoms with E-state index in [2.05, 4.69) is 0 Å². The van der Waals surface area contributed by atoms with Crippen molar-refractivity contribution in [2.24, 2.45) is 0 Å². The van der Waals surface area contributed by atoms with Gasteiger partial charge >= 0.3 is 0 Å². The Bertz CT molecular complexity index is 1180. The Kier molecular flexibility index (Phi) is 7.33. The molecule has 0 aromatic heterocycles. The first-order valence-electron chi connectivity index (χ1n) is 10.1. The molecule has 0 unspecified atom stereocenters. The van der Waals surface area contributed by atoms with Gasteiger partial charge in [0, 0.05) is 6.08 Å². The van der Waals surface area contributed by atoms with E-state index in [1.807, 2.05) is 13.8 Å². The van der Waals surface area contributed by atoms with Crippen molar-refractivity contribution in [1.29, 1.82) is 0 Å². The number of aryl methyl sites for hydroxylation is 1. The van der Waals surface area contributed by atoms with Crippen LogP contribution in [0.15, 0.2) is 83.8 Å². The van der Waals surface area contributed by atoms with Gasteiger partial charge in [-0.3, -0.25) is 4.79 Å². The van der Waals surface area contributed by atoms with Crippen molar-refractivity contribution >= 4 is 27.7 Å². The number of hydrogen-bond donors (Lipinski definition) is 0. The molecule has 0 radical (unpaired) electrons. The van der Waals surface area contributed by atoms with Crippen LogP contribution in [0.3, 0.4) is 0 Å². The van der Waals surface area contributed by atoms with Crippen molar-refractivity contribution in [3.05, 3.63) is 90.0 Å². The summed E-state index contributed by atoms with van der Waals surface area (Å²) in [6.45, 7) is 4.32. The fraction of sp³-hybridized carbons (Fsp3) is 0.160. The lowest BCUT2D eigenvalue weighted by Crippen LogP contribution is -2.35. The first-order valence-corrected chi connectivity index (χ1v) is 11.5. The van der Waals surface area contributed by atoms with Crippen LogP contribution in [0.2, 0.25) is 0 Å². The number of anilines is 1. The zero-order chi connectivity index (χ0) is 23.1. The number of methoxy groups -OCH3 is 1. The van der Waals surface area contributed by atoms with Gasteiger partial charge in [-0.1, -0.05) is 29.8 Å². The fourth-order valence-electron chi connectivity index (χ4n) is 2.99. The number of sulfonamides is 1. The van der Waals surface area contributed by atoms with Gasteiger partial charge < -0.3 is 9.47 Å². The quantitative estimate of drug-likeness (QED) is 0.458. The molecule has 3 aromatic rings. The predicted molar refractivity (Wildman–Crippen MR) is 125 cm³/mol. The van der Waals surface area contributed by atoms with Gasteiger partial charge in [-0.05, 0) is 74.0 Å². The number of benzene rings is 3. The lowest BCUT2D eigenvalue weighted by atomic mass is 10.2. The summed E-state index contributed by atoms with van der Waals surface area (Å²) in [6, 6.07) is 19.8. The molecule has 6 nitrogen and oxygen atoms in total. The Balaban J connectivity index is 1.97. The molecule has 0 aliphatic carbocycles. The van der Waals surface area contributed by atoms with Crippen LogP contribution < -0.4 is 13.8 Å². The van der Waals surface area contributed by atoms with E-state index in [4.69, 9.17) is 9.47 Å². The minimum absolute atomic E-state index is 0.0294. The molecular weight excluding hydrogens is 426 g/mol. The maximum atomic E-state index is 13.4. The molecule has 0 saturated heterocycles. The lowest BCUT2D eigenvalue weighted by molar-refractivity contribution is -0.113. The molecule has 0 aliphatic rings. The molecule has 0 aliphatic heterocycles. The van der Waals surface area contributed by atoms with Crippen LogP contribution in [0, 0.1) is 6.92 Å². The van der Waals surface area contributed by atoms with Crippen molar-refractivity contribution in [1.82, 2.24) is 0 Å². The van der Waals surface area contributed by atoms with E-state index in [1.165, 1.54) is 37.5 Å². The van der Waals surface area contributed by atoms with Gasteiger partial charge in [0.15, 0.2) is 0 Å². The highest BCUT2D eigenvalue weighted by Gasteiger charge is 2.29. The molecule has 3 aromatic carbocycles. The molecule has 0 bridgehead atoms. The maximum Gasteiger partial charge on any atom is 0.271 e. The summed E-state index contributed by atoms with van der Waals surface area (Å²) < 4.78 is 38.1. The number of ether oxygens (including phenoxy) is 2. The number of rotatable bonds is 8. The molecule has 0 fully saturated rings. The first kappa shape index (κ1) is 23.1. The highest BCUT2D eigenvalue weighted by Crippen LogP contribution is 2.27. The van der Waals surface area contributed by atoms with E-state index in [1.54, 1.807) is 54.6 Å². The van der Waals surface area contributed by atoms with E-state index in [0.29, 0.717) is 12.4 Å². The zero-order valence-corrected chi connectivity index (χ0v) is 19.0. The van der Waals surface area contributed by atoms with Gasteiger partial charge in [0.2, 0.25) is 0 Å².